The summed E-state index contributed by atoms with van der Waals surface area (Å²) >= 11 is 0. The molecule has 0 aromatic carbocycles. The van der Waals surface area contributed by atoms with E-state index in [1.54, 1.807) is 0 Å². The van der Waals surface area contributed by atoms with Crippen LogP contribution in [0.5, 0.6) is 0 Å². The van der Waals surface area contributed by atoms with Crippen molar-refractivity contribution in [2.24, 2.45) is 5.92 Å². The van der Waals surface area contributed by atoms with Crippen molar-refractivity contribution in [3.05, 3.63) is 6.92 Å². The molecule has 0 saturated carbocycles. The molecule has 1 nitrogen and oxygen atoms in total. The Morgan fingerprint density at radius 1 is 1.18 bits per heavy atom. The van der Waals surface area contributed by atoms with Crippen molar-refractivity contribution in [2.75, 3.05) is 19.6 Å². The van der Waals surface area contributed by atoms with E-state index in [0.717, 1.165) is 6.54 Å². The maximum Gasteiger partial charge on any atom is 0.000702 e. The van der Waals surface area contributed by atoms with Crippen molar-refractivity contribution in [3.63, 3.8) is 0 Å². The average molecular weight is 156 g/mol. The largest absolute Gasteiger partial charge is 0.303 e. The zero-order chi connectivity index (χ0) is 8.69. The van der Waals surface area contributed by atoms with E-state index in [1.807, 2.05) is 0 Å². The van der Waals surface area contributed by atoms with E-state index in [1.165, 1.54) is 25.9 Å². The molecule has 0 spiro atoms. The van der Waals surface area contributed by atoms with Crippen LogP contribution in [0.25, 0.3) is 0 Å². The number of hydrogen-bond acceptors (Lipinski definition) is 1. The highest BCUT2D eigenvalue weighted by Crippen LogP contribution is 2.00. The number of rotatable bonds is 6. The van der Waals surface area contributed by atoms with Gasteiger partial charge in [-0.15, -0.1) is 0 Å². The maximum absolute atomic E-state index is 4.00. The Hall–Kier alpha value is -0.0400. The first-order valence-electron chi connectivity index (χ1n) is 4.76. The molecule has 0 amide bonds. The Balaban J connectivity index is 3.50. The lowest BCUT2D eigenvalue weighted by atomic mass is 10.2. The molecule has 0 saturated heterocycles. The summed E-state index contributed by atoms with van der Waals surface area (Å²) in [6, 6.07) is 0. The van der Waals surface area contributed by atoms with Crippen LogP contribution in [0.3, 0.4) is 0 Å². The molecule has 0 N–H and O–H groups in total. The first-order chi connectivity index (χ1) is 5.20. The fraction of sp³-hybridized carbons (Fsp3) is 0.900. The van der Waals surface area contributed by atoms with Crippen molar-refractivity contribution >= 4 is 0 Å². The van der Waals surface area contributed by atoms with Crippen molar-refractivity contribution in [2.45, 2.75) is 33.6 Å². The van der Waals surface area contributed by atoms with Crippen LogP contribution < -0.4 is 0 Å². The van der Waals surface area contributed by atoms with Crippen LogP contribution in [0.1, 0.15) is 33.6 Å². The van der Waals surface area contributed by atoms with E-state index in [2.05, 4.69) is 32.6 Å². The molecule has 0 aliphatic heterocycles. The highest BCUT2D eigenvalue weighted by Gasteiger charge is 2.03. The predicted molar refractivity (Wildman–Crippen MR) is 51.5 cm³/mol. The number of nitrogens with zero attached hydrogens (tertiary/aromatic N) is 1. The van der Waals surface area contributed by atoms with E-state index in [9.17, 15) is 0 Å². The summed E-state index contributed by atoms with van der Waals surface area (Å²) < 4.78 is 0. The van der Waals surface area contributed by atoms with Crippen LogP contribution >= 0.6 is 0 Å². The van der Waals surface area contributed by atoms with Crippen LogP contribution in [-0.4, -0.2) is 24.5 Å². The molecule has 0 rings (SSSR count). The second-order valence-corrected chi connectivity index (χ2v) is 3.41. The van der Waals surface area contributed by atoms with Gasteiger partial charge < -0.3 is 4.90 Å². The van der Waals surface area contributed by atoms with Gasteiger partial charge in [0.2, 0.25) is 0 Å². The molecule has 1 heteroatoms. The van der Waals surface area contributed by atoms with Crippen LogP contribution in [0.2, 0.25) is 0 Å². The van der Waals surface area contributed by atoms with Crippen molar-refractivity contribution in [3.8, 4) is 0 Å². The fourth-order valence-electron chi connectivity index (χ4n) is 1.37. The molecule has 0 aromatic rings. The summed E-state index contributed by atoms with van der Waals surface area (Å²) in [6.07, 6.45) is 2.51. The fourth-order valence-corrected chi connectivity index (χ4v) is 1.37. The first kappa shape index (κ1) is 11.0. The second-order valence-electron chi connectivity index (χ2n) is 3.41. The van der Waals surface area contributed by atoms with Gasteiger partial charge in [-0.2, -0.15) is 0 Å². The summed E-state index contributed by atoms with van der Waals surface area (Å²) in [5.41, 5.74) is 0. The molecule has 0 aliphatic carbocycles. The SMILES string of the molecule is [CH2]C(C)CN(CCC)CCC. The summed E-state index contributed by atoms with van der Waals surface area (Å²) in [7, 11) is 0. The highest BCUT2D eigenvalue weighted by atomic mass is 15.1. The Bertz CT molecular complexity index is 72.9. The Morgan fingerprint density at radius 3 is 1.91 bits per heavy atom. The molecule has 0 fully saturated rings. The lowest BCUT2D eigenvalue weighted by molar-refractivity contribution is 0.253. The lowest BCUT2D eigenvalue weighted by Gasteiger charge is -2.22. The molecule has 0 heterocycles. The Morgan fingerprint density at radius 2 is 1.64 bits per heavy atom. The summed E-state index contributed by atoms with van der Waals surface area (Å²) in [4.78, 5) is 2.50. The first-order valence-corrected chi connectivity index (χ1v) is 4.76. The molecule has 1 radical (unpaired) electrons. The monoisotopic (exact) mass is 156 g/mol. The number of hydrogen-bond donors (Lipinski definition) is 0. The third-order valence-electron chi connectivity index (χ3n) is 1.65. The normalized spacial score (nSPS) is 11.5. The molecular formula is C10H22N. The molecule has 1 unspecified atom stereocenters. The van der Waals surface area contributed by atoms with E-state index in [4.69, 9.17) is 0 Å². The molecule has 0 aliphatic rings. The van der Waals surface area contributed by atoms with Gasteiger partial charge in [-0.05, 0) is 38.8 Å². The van der Waals surface area contributed by atoms with Crippen molar-refractivity contribution in [1.29, 1.82) is 0 Å². The molecule has 0 aromatic heterocycles. The van der Waals surface area contributed by atoms with Gasteiger partial charge in [0.25, 0.3) is 0 Å². The van der Waals surface area contributed by atoms with Crippen molar-refractivity contribution in [1.82, 2.24) is 4.90 Å². The molecule has 11 heavy (non-hydrogen) atoms. The van der Waals surface area contributed by atoms with E-state index < -0.39 is 0 Å². The molecule has 0 bridgehead atoms. The smallest absolute Gasteiger partial charge is 0.000702 e. The summed E-state index contributed by atoms with van der Waals surface area (Å²) in [5, 5.41) is 0. The topological polar surface area (TPSA) is 3.24 Å². The van der Waals surface area contributed by atoms with Gasteiger partial charge in [0.05, 0.1) is 0 Å². The second kappa shape index (κ2) is 6.66. The Kier molecular flexibility index (Phi) is 6.63. The zero-order valence-corrected chi connectivity index (χ0v) is 8.27. The average Bonchev–Trinajstić information content (AvgIpc) is 1.87. The summed E-state index contributed by atoms with van der Waals surface area (Å²) in [5.74, 6) is 0.563. The van der Waals surface area contributed by atoms with E-state index in [0.29, 0.717) is 5.92 Å². The predicted octanol–water partition coefficient (Wildman–Crippen LogP) is 2.58. The molecule has 1 atom stereocenters. The lowest BCUT2D eigenvalue weighted by Crippen LogP contribution is -2.29. The van der Waals surface area contributed by atoms with Gasteiger partial charge in [0, 0.05) is 6.54 Å². The van der Waals surface area contributed by atoms with E-state index in [-0.39, 0.29) is 0 Å². The third kappa shape index (κ3) is 6.36. The summed E-state index contributed by atoms with van der Waals surface area (Å²) in [6.45, 7) is 14.3. The Labute approximate surface area is 71.8 Å². The van der Waals surface area contributed by atoms with Gasteiger partial charge in [0.15, 0.2) is 0 Å². The minimum Gasteiger partial charge on any atom is -0.303 e. The van der Waals surface area contributed by atoms with Gasteiger partial charge >= 0.3 is 0 Å². The minimum atomic E-state index is 0.563. The highest BCUT2D eigenvalue weighted by molar-refractivity contribution is 4.62. The van der Waals surface area contributed by atoms with Crippen LogP contribution in [0.4, 0.5) is 0 Å². The van der Waals surface area contributed by atoms with Gasteiger partial charge in [-0.3, -0.25) is 0 Å². The van der Waals surface area contributed by atoms with Crippen LogP contribution in [0.15, 0.2) is 0 Å². The van der Waals surface area contributed by atoms with E-state index >= 15 is 0 Å². The third-order valence-corrected chi connectivity index (χ3v) is 1.65. The molecular weight excluding hydrogens is 134 g/mol. The quantitative estimate of drug-likeness (QED) is 0.571. The van der Waals surface area contributed by atoms with Gasteiger partial charge in [0.1, 0.15) is 0 Å². The standard InChI is InChI=1S/C10H22N/c1-5-7-11(8-6-2)9-10(3)4/h10H,3,5-9H2,1-2,4H3. The van der Waals surface area contributed by atoms with Gasteiger partial charge in [-0.25, -0.2) is 0 Å². The van der Waals surface area contributed by atoms with Crippen LogP contribution in [-0.2, 0) is 0 Å². The molecule has 67 valence electrons. The maximum atomic E-state index is 4.00. The zero-order valence-electron chi connectivity index (χ0n) is 8.27. The minimum absolute atomic E-state index is 0.563. The van der Waals surface area contributed by atoms with Crippen LogP contribution in [0, 0.1) is 12.8 Å². The van der Waals surface area contributed by atoms with Gasteiger partial charge in [-0.1, -0.05) is 20.8 Å². The van der Waals surface area contributed by atoms with Crippen molar-refractivity contribution < 1.29 is 0 Å².